The summed E-state index contributed by atoms with van der Waals surface area (Å²) >= 11 is 3.07. The summed E-state index contributed by atoms with van der Waals surface area (Å²) in [5.74, 6) is 0.271. The van der Waals surface area contributed by atoms with Crippen molar-refractivity contribution >= 4 is 15.9 Å². The number of hydrogen-bond donors (Lipinski definition) is 0. The second-order valence-corrected chi connectivity index (χ2v) is 3.59. The summed E-state index contributed by atoms with van der Waals surface area (Å²) in [5.41, 5.74) is 0.717. The quantitative estimate of drug-likeness (QED) is 0.834. The Hall–Kier alpha value is -1.08. The van der Waals surface area contributed by atoms with Crippen molar-refractivity contribution in [3.05, 3.63) is 28.0 Å². The fourth-order valence-corrected chi connectivity index (χ4v) is 1.47. The maximum atomic E-state index is 13.1. The molecule has 0 saturated heterocycles. The number of ether oxygens (including phenoxy) is 1. The highest BCUT2D eigenvalue weighted by Gasteiger charge is 2.08. The Balaban J connectivity index is 3.02. The van der Waals surface area contributed by atoms with E-state index in [9.17, 15) is 4.39 Å². The van der Waals surface area contributed by atoms with Crippen LogP contribution in [-0.2, 0) is 6.42 Å². The second kappa shape index (κ2) is 4.97. The highest BCUT2D eigenvalue weighted by Crippen LogP contribution is 2.27. The molecule has 1 aromatic rings. The summed E-state index contributed by atoms with van der Waals surface area (Å²) in [6, 6.07) is 4.97. The number of nitriles is 1. The molecule has 0 aliphatic rings. The van der Waals surface area contributed by atoms with Gasteiger partial charge in [-0.05, 0) is 40.0 Å². The van der Waals surface area contributed by atoms with Crippen LogP contribution in [0.1, 0.15) is 12.0 Å². The molecule has 4 heteroatoms. The summed E-state index contributed by atoms with van der Waals surface area (Å²) in [7, 11) is 1.52. The largest absolute Gasteiger partial charge is 0.496 e. The predicted molar refractivity (Wildman–Crippen MR) is 54.6 cm³/mol. The first-order chi connectivity index (χ1) is 6.69. The molecule has 1 aromatic carbocycles. The maximum absolute atomic E-state index is 13.1. The van der Waals surface area contributed by atoms with E-state index in [1.54, 1.807) is 6.07 Å². The molecule has 1 rings (SSSR count). The van der Waals surface area contributed by atoms with E-state index < -0.39 is 0 Å². The molecule has 0 radical (unpaired) electrons. The van der Waals surface area contributed by atoms with Crippen molar-refractivity contribution in [1.82, 2.24) is 0 Å². The average molecular weight is 258 g/mol. The van der Waals surface area contributed by atoms with Crippen LogP contribution in [0.4, 0.5) is 4.39 Å². The SMILES string of the molecule is COc1cc(Br)c(F)cc1CCC#N. The van der Waals surface area contributed by atoms with Crippen molar-refractivity contribution in [1.29, 1.82) is 5.26 Å². The normalized spacial score (nSPS) is 9.57. The third-order valence-corrected chi connectivity index (χ3v) is 2.44. The third kappa shape index (κ3) is 2.46. The first-order valence-electron chi connectivity index (χ1n) is 4.08. The van der Waals surface area contributed by atoms with Gasteiger partial charge in [0.25, 0.3) is 0 Å². The van der Waals surface area contributed by atoms with Gasteiger partial charge in [0.05, 0.1) is 17.7 Å². The molecular weight excluding hydrogens is 249 g/mol. The molecule has 0 bridgehead atoms. The summed E-state index contributed by atoms with van der Waals surface area (Å²) in [6.07, 6.45) is 0.862. The summed E-state index contributed by atoms with van der Waals surface area (Å²) < 4.78 is 18.6. The number of benzene rings is 1. The lowest BCUT2D eigenvalue weighted by atomic mass is 10.1. The zero-order chi connectivity index (χ0) is 10.6. The van der Waals surface area contributed by atoms with Crippen LogP contribution in [0, 0.1) is 17.1 Å². The van der Waals surface area contributed by atoms with Gasteiger partial charge in [0.2, 0.25) is 0 Å². The Labute approximate surface area is 90.4 Å². The van der Waals surface area contributed by atoms with E-state index in [0.717, 1.165) is 5.56 Å². The molecule has 74 valence electrons. The summed E-state index contributed by atoms with van der Waals surface area (Å²) in [4.78, 5) is 0. The second-order valence-electron chi connectivity index (χ2n) is 2.74. The minimum atomic E-state index is -0.335. The van der Waals surface area contributed by atoms with Crippen LogP contribution in [0.5, 0.6) is 5.75 Å². The molecule has 0 saturated carbocycles. The molecular formula is C10H9BrFNO. The van der Waals surface area contributed by atoms with Gasteiger partial charge in [-0.3, -0.25) is 0 Å². The molecule has 0 aliphatic heterocycles. The van der Waals surface area contributed by atoms with Gasteiger partial charge in [-0.25, -0.2) is 4.39 Å². The molecule has 2 nitrogen and oxygen atoms in total. The Bertz CT molecular complexity index is 373. The Kier molecular flexibility index (Phi) is 3.90. The van der Waals surface area contributed by atoms with Gasteiger partial charge < -0.3 is 4.74 Å². The van der Waals surface area contributed by atoms with E-state index >= 15 is 0 Å². The smallest absolute Gasteiger partial charge is 0.137 e. The third-order valence-electron chi connectivity index (χ3n) is 1.83. The lowest BCUT2D eigenvalue weighted by molar-refractivity contribution is 0.408. The standard InChI is InChI=1S/C10H9BrFNO/c1-14-10-6-8(11)9(12)5-7(10)3-2-4-13/h5-6H,2-3H2,1H3. The zero-order valence-electron chi connectivity index (χ0n) is 7.68. The molecule has 0 spiro atoms. The first-order valence-corrected chi connectivity index (χ1v) is 4.87. The molecule has 0 fully saturated rings. The number of halogens is 2. The number of hydrogen-bond acceptors (Lipinski definition) is 2. The minimum Gasteiger partial charge on any atom is -0.496 e. The molecule has 0 amide bonds. The molecule has 0 atom stereocenters. The van der Waals surface area contributed by atoms with Crippen LogP contribution in [0.2, 0.25) is 0 Å². The zero-order valence-corrected chi connectivity index (χ0v) is 9.27. The van der Waals surface area contributed by atoms with Crippen LogP contribution in [0.3, 0.4) is 0 Å². The van der Waals surface area contributed by atoms with E-state index in [1.165, 1.54) is 13.2 Å². The molecule has 14 heavy (non-hydrogen) atoms. The Morgan fingerprint density at radius 2 is 2.29 bits per heavy atom. The van der Waals surface area contributed by atoms with Crippen molar-refractivity contribution in [2.75, 3.05) is 7.11 Å². The van der Waals surface area contributed by atoms with Crippen molar-refractivity contribution in [2.24, 2.45) is 0 Å². The van der Waals surface area contributed by atoms with Crippen LogP contribution in [-0.4, -0.2) is 7.11 Å². The lowest BCUT2D eigenvalue weighted by Gasteiger charge is -2.07. The minimum absolute atomic E-state index is 0.335. The van der Waals surface area contributed by atoms with Crippen molar-refractivity contribution < 1.29 is 9.13 Å². The average Bonchev–Trinajstić information content (AvgIpc) is 2.19. The number of rotatable bonds is 3. The van der Waals surface area contributed by atoms with E-state index in [-0.39, 0.29) is 5.82 Å². The highest BCUT2D eigenvalue weighted by molar-refractivity contribution is 9.10. The van der Waals surface area contributed by atoms with Crippen molar-refractivity contribution in [3.8, 4) is 11.8 Å². The van der Waals surface area contributed by atoms with Crippen LogP contribution < -0.4 is 4.74 Å². The topological polar surface area (TPSA) is 33.0 Å². The van der Waals surface area contributed by atoms with Gasteiger partial charge in [0, 0.05) is 6.42 Å². The highest BCUT2D eigenvalue weighted by atomic mass is 79.9. The van der Waals surface area contributed by atoms with Gasteiger partial charge >= 0.3 is 0 Å². The Morgan fingerprint density at radius 1 is 1.57 bits per heavy atom. The predicted octanol–water partition coefficient (Wildman–Crippen LogP) is 3.05. The van der Waals surface area contributed by atoms with Gasteiger partial charge in [-0.15, -0.1) is 0 Å². The molecule has 0 unspecified atom stereocenters. The van der Waals surface area contributed by atoms with Crippen molar-refractivity contribution in [3.63, 3.8) is 0 Å². The summed E-state index contributed by atoms with van der Waals surface area (Å²) in [5, 5.41) is 8.42. The monoisotopic (exact) mass is 257 g/mol. The van der Waals surface area contributed by atoms with E-state index in [4.69, 9.17) is 10.00 Å². The number of methoxy groups -OCH3 is 1. The fourth-order valence-electron chi connectivity index (χ4n) is 1.15. The summed E-state index contributed by atoms with van der Waals surface area (Å²) in [6.45, 7) is 0. The molecule has 0 aromatic heterocycles. The van der Waals surface area contributed by atoms with Gasteiger partial charge in [-0.2, -0.15) is 5.26 Å². The fraction of sp³-hybridized carbons (Fsp3) is 0.300. The Morgan fingerprint density at radius 3 is 2.86 bits per heavy atom. The van der Waals surface area contributed by atoms with Gasteiger partial charge in [0.1, 0.15) is 11.6 Å². The van der Waals surface area contributed by atoms with Crippen LogP contribution in [0.15, 0.2) is 16.6 Å². The van der Waals surface area contributed by atoms with Crippen LogP contribution in [0.25, 0.3) is 0 Å². The van der Waals surface area contributed by atoms with Gasteiger partial charge in [0.15, 0.2) is 0 Å². The number of aryl methyl sites for hydroxylation is 1. The molecule has 0 heterocycles. The van der Waals surface area contributed by atoms with Crippen molar-refractivity contribution in [2.45, 2.75) is 12.8 Å². The lowest BCUT2D eigenvalue weighted by Crippen LogP contribution is -1.94. The first kappa shape index (κ1) is 11.0. The van der Waals surface area contributed by atoms with E-state index in [1.807, 2.05) is 6.07 Å². The van der Waals surface area contributed by atoms with Crippen LogP contribution >= 0.6 is 15.9 Å². The van der Waals surface area contributed by atoms with E-state index in [0.29, 0.717) is 23.1 Å². The van der Waals surface area contributed by atoms with E-state index in [2.05, 4.69) is 15.9 Å². The molecule has 0 N–H and O–H groups in total. The molecule has 0 aliphatic carbocycles. The number of nitrogens with zero attached hydrogens (tertiary/aromatic N) is 1. The van der Waals surface area contributed by atoms with Gasteiger partial charge in [-0.1, -0.05) is 0 Å². The maximum Gasteiger partial charge on any atom is 0.137 e.